The highest BCUT2D eigenvalue weighted by Gasteiger charge is 2.28. The maximum atomic E-state index is 11.7. The summed E-state index contributed by atoms with van der Waals surface area (Å²) in [6, 6.07) is 5.35. The largest absolute Gasteiger partial charge is 0.303 e. The number of carbonyl (C=O) groups is 1. The van der Waals surface area contributed by atoms with E-state index in [-0.39, 0.29) is 11.7 Å². The van der Waals surface area contributed by atoms with E-state index in [2.05, 4.69) is 0 Å². The van der Waals surface area contributed by atoms with Crippen molar-refractivity contribution in [2.24, 2.45) is 0 Å². The summed E-state index contributed by atoms with van der Waals surface area (Å²) in [5.74, 6) is 0.299. The van der Waals surface area contributed by atoms with Gasteiger partial charge >= 0.3 is 0 Å². The molecule has 4 heteroatoms. The molecular weight excluding hydrogens is 224 g/mol. The first-order valence-corrected chi connectivity index (χ1v) is 6.99. The van der Waals surface area contributed by atoms with E-state index in [0.29, 0.717) is 17.7 Å². The lowest BCUT2D eigenvalue weighted by Crippen LogP contribution is -2.00. The number of sulfone groups is 1. The third-order valence-electron chi connectivity index (χ3n) is 3.11. The number of fused-ring (bicyclic) bond motifs is 1. The van der Waals surface area contributed by atoms with E-state index in [4.69, 9.17) is 0 Å². The molecule has 1 heterocycles. The highest BCUT2D eigenvalue weighted by atomic mass is 32.2. The molecule has 86 valence electrons. The molecule has 2 rings (SSSR count). The van der Waals surface area contributed by atoms with Crippen LogP contribution >= 0.6 is 0 Å². The van der Waals surface area contributed by atoms with Gasteiger partial charge in [0.25, 0.3) is 0 Å². The third kappa shape index (κ3) is 1.78. The van der Waals surface area contributed by atoms with E-state index in [0.717, 1.165) is 17.4 Å². The number of rotatable bonds is 3. The Morgan fingerprint density at radius 2 is 2.19 bits per heavy atom. The zero-order valence-corrected chi connectivity index (χ0v) is 9.96. The van der Waals surface area contributed by atoms with Gasteiger partial charge in [-0.05, 0) is 29.5 Å². The maximum absolute atomic E-state index is 11.7. The lowest BCUT2D eigenvalue weighted by molar-refractivity contribution is -0.108. The Bertz CT molecular complexity index is 517. The molecule has 1 aromatic carbocycles. The van der Waals surface area contributed by atoms with E-state index in [1.165, 1.54) is 0 Å². The zero-order valence-electron chi connectivity index (χ0n) is 9.14. The molecule has 0 fully saturated rings. The summed E-state index contributed by atoms with van der Waals surface area (Å²) in [5, 5.41) is 0. The fourth-order valence-corrected chi connectivity index (χ4v) is 3.79. The van der Waals surface area contributed by atoms with Crippen molar-refractivity contribution in [3.63, 3.8) is 0 Å². The molecule has 1 aliphatic heterocycles. The molecule has 0 spiro atoms. The SMILES string of the molecule is CC(CC=O)c1cccc2c1CCS2(=O)=O. The van der Waals surface area contributed by atoms with Crippen molar-refractivity contribution in [1.29, 1.82) is 0 Å². The van der Waals surface area contributed by atoms with Gasteiger partial charge in [0.05, 0.1) is 10.6 Å². The first kappa shape index (κ1) is 11.3. The van der Waals surface area contributed by atoms with Gasteiger partial charge in [-0.1, -0.05) is 19.1 Å². The van der Waals surface area contributed by atoms with Crippen LogP contribution in [0, 0.1) is 0 Å². The normalized spacial score (nSPS) is 19.1. The Labute approximate surface area is 95.4 Å². The molecule has 1 unspecified atom stereocenters. The van der Waals surface area contributed by atoms with Crippen LogP contribution in [0.3, 0.4) is 0 Å². The molecule has 0 aliphatic carbocycles. The van der Waals surface area contributed by atoms with Crippen LogP contribution in [0.1, 0.15) is 30.4 Å². The number of hydrogen-bond donors (Lipinski definition) is 0. The Kier molecular flexibility index (Phi) is 2.84. The van der Waals surface area contributed by atoms with Gasteiger partial charge < -0.3 is 4.79 Å². The van der Waals surface area contributed by atoms with Gasteiger partial charge in [-0.15, -0.1) is 0 Å². The molecule has 3 nitrogen and oxygen atoms in total. The molecule has 0 bridgehead atoms. The minimum atomic E-state index is -3.06. The summed E-state index contributed by atoms with van der Waals surface area (Å²) in [6.07, 6.45) is 1.90. The van der Waals surface area contributed by atoms with E-state index in [9.17, 15) is 13.2 Å². The van der Waals surface area contributed by atoms with Crippen LogP contribution in [-0.4, -0.2) is 20.5 Å². The molecule has 0 radical (unpaired) electrons. The van der Waals surface area contributed by atoms with Gasteiger partial charge in [-0.3, -0.25) is 0 Å². The van der Waals surface area contributed by atoms with Crippen LogP contribution < -0.4 is 0 Å². The molecule has 1 aliphatic rings. The first-order valence-electron chi connectivity index (χ1n) is 5.34. The third-order valence-corrected chi connectivity index (χ3v) is 4.90. The molecule has 1 atom stereocenters. The van der Waals surface area contributed by atoms with Crippen molar-refractivity contribution in [3.8, 4) is 0 Å². The summed E-state index contributed by atoms with van der Waals surface area (Å²) in [4.78, 5) is 11.0. The predicted molar refractivity (Wildman–Crippen MR) is 61.3 cm³/mol. The average Bonchev–Trinajstić information content (AvgIpc) is 2.55. The molecule has 0 N–H and O–H groups in total. The Balaban J connectivity index is 2.51. The fraction of sp³-hybridized carbons (Fsp3) is 0.417. The molecule has 1 aromatic rings. The molecule has 16 heavy (non-hydrogen) atoms. The number of hydrogen-bond acceptors (Lipinski definition) is 3. The Hall–Kier alpha value is -1.16. The standard InChI is InChI=1S/C12H14O3S/c1-9(5-7-13)10-3-2-4-12-11(10)6-8-16(12,14)15/h2-4,7,9H,5-6,8H2,1H3. The van der Waals surface area contributed by atoms with Gasteiger partial charge in [0.1, 0.15) is 6.29 Å². The van der Waals surface area contributed by atoms with Gasteiger partial charge in [0.15, 0.2) is 9.84 Å². The number of carbonyl (C=O) groups excluding carboxylic acids is 1. The molecule has 0 aromatic heterocycles. The molecule has 0 saturated heterocycles. The highest BCUT2D eigenvalue weighted by molar-refractivity contribution is 7.91. The quantitative estimate of drug-likeness (QED) is 0.753. The van der Waals surface area contributed by atoms with Crippen molar-refractivity contribution in [3.05, 3.63) is 29.3 Å². The van der Waals surface area contributed by atoms with Crippen LogP contribution in [-0.2, 0) is 21.1 Å². The van der Waals surface area contributed by atoms with Crippen molar-refractivity contribution in [2.45, 2.75) is 30.6 Å². The minimum absolute atomic E-state index is 0.0979. The van der Waals surface area contributed by atoms with E-state index < -0.39 is 9.84 Å². The van der Waals surface area contributed by atoms with E-state index in [1.54, 1.807) is 12.1 Å². The van der Waals surface area contributed by atoms with Gasteiger partial charge in [-0.25, -0.2) is 8.42 Å². The molecular formula is C12H14O3S. The van der Waals surface area contributed by atoms with Crippen molar-refractivity contribution in [2.75, 3.05) is 5.75 Å². The van der Waals surface area contributed by atoms with Crippen molar-refractivity contribution < 1.29 is 13.2 Å². The van der Waals surface area contributed by atoms with Gasteiger partial charge in [0, 0.05) is 6.42 Å². The summed E-state index contributed by atoms with van der Waals surface area (Å²) >= 11 is 0. The monoisotopic (exact) mass is 238 g/mol. The second-order valence-electron chi connectivity index (χ2n) is 4.20. The van der Waals surface area contributed by atoms with E-state index >= 15 is 0 Å². The molecule has 0 amide bonds. The summed E-state index contributed by atoms with van der Waals surface area (Å²) in [5.41, 5.74) is 1.92. The summed E-state index contributed by atoms with van der Waals surface area (Å²) < 4.78 is 23.4. The van der Waals surface area contributed by atoms with Crippen molar-refractivity contribution >= 4 is 16.1 Å². The van der Waals surface area contributed by atoms with Crippen LogP contribution in [0.25, 0.3) is 0 Å². The number of benzene rings is 1. The lowest BCUT2D eigenvalue weighted by Gasteiger charge is -2.12. The lowest BCUT2D eigenvalue weighted by atomic mass is 9.92. The maximum Gasteiger partial charge on any atom is 0.178 e. The zero-order chi connectivity index (χ0) is 11.8. The Morgan fingerprint density at radius 1 is 1.44 bits per heavy atom. The van der Waals surface area contributed by atoms with E-state index in [1.807, 2.05) is 13.0 Å². The van der Waals surface area contributed by atoms with Crippen LogP contribution in [0.15, 0.2) is 23.1 Å². The predicted octanol–water partition coefficient (Wildman–Crippen LogP) is 1.71. The average molecular weight is 238 g/mol. The fourth-order valence-electron chi connectivity index (χ4n) is 2.22. The summed E-state index contributed by atoms with van der Waals surface area (Å²) in [6.45, 7) is 1.95. The minimum Gasteiger partial charge on any atom is -0.303 e. The molecule has 0 saturated carbocycles. The van der Waals surface area contributed by atoms with Crippen LogP contribution in [0.4, 0.5) is 0 Å². The van der Waals surface area contributed by atoms with Crippen LogP contribution in [0.2, 0.25) is 0 Å². The first-order chi connectivity index (χ1) is 7.56. The topological polar surface area (TPSA) is 51.2 Å². The number of aldehydes is 1. The highest BCUT2D eigenvalue weighted by Crippen LogP contribution is 2.33. The second kappa shape index (κ2) is 4.01. The van der Waals surface area contributed by atoms with Crippen LogP contribution in [0.5, 0.6) is 0 Å². The second-order valence-corrected chi connectivity index (χ2v) is 6.27. The van der Waals surface area contributed by atoms with Crippen molar-refractivity contribution in [1.82, 2.24) is 0 Å². The smallest absolute Gasteiger partial charge is 0.178 e. The van der Waals surface area contributed by atoms with Gasteiger partial charge in [0.2, 0.25) is 0 Å². The van der Waals surface area contributed by atoms with Gasteiger partial charge in [-0.2, -0.15) is 0 Å². The Morgan fingerprint density at radius 3 is 2.88 bits per heavy atom. The summed E-state index contributed by atoms with van der Waals surface area (Å²) in [7, 11) is -3.06.